The first kappa shape index (κ1) is 16.8. The Hall–Kier alpha value is -2.08. The molecule has 2 aliphatic heterocycles. The Labute approximate surface area is 145 Å². The zero-order chi connectivity index (χ0) is 17.5. The number of benzene rings is 1. The van der Waals surface area contributed by atoms with Crippen LogP contribution in [0.15, 0.2) is 24.3 Å². The summed E-state index contributed by atoms with van der Waals surface area (Å²) >= 11 is 5.94. The van der Waals surface area contributed by atoms with Crippen LogP contribution in [0.25, 0.3) is 0 Å². The number of nitrogens with zero attached hydrogens (tertiary/aromatic N) is 2. The second-order valence-electron chi connectivity index (χ2n) is 6.58. The first-order valence-electron chi connectivity index (χ1n) is 8.05. The van der Waals surface area contributed by atoms with Crippen molar-refractivity contribution in [2.24, 2.45) is 0 Å². The molecule has 3 rings (SSSR count). The van der Waals surface area contributed by atoms with E-state index in [0.29, 0.717) is 36.5 Å². The largest absolute Gasteiger partial charge is 0.338 e. The van der Waals surface area contributed by atoms with Crippen LogP contribution in [-0.2, 0) is 4.79 Å². The Morgan fingerprint density at radius 1 is 1.25 bits per heavy atom. The molecule has 0 unspecified atom stereocenters. The Kier molecular flexibility index (Phi) is 4.25. The summed E-state index contributed by atoms with van der Waals surface area (Å²) in [6, 6.07) is 6.30. The monoisotopic (exact) mass is 349 g/mol. The van der Waals surface area contributed by atoms with Gasteiger partial charge in [0.05, 0.1) is 0 Å². The zero-order valence-electron chi connectivity index (χ0n) is 13.7. The van der Waals surface area contributed by atoms with Crippen molar-refractivity contribution >= 4 is 29.4 Å². The van der Waals surface area contributed by atoms with Gasteiger partial charge in [0.25, 0.3) is 11.8 Å². The molecule has 1 aromatic carbocycles. The van der Waals surface area contributed by atoms with Gasteiger partial charge in [-0.15, -0.1) is 0 Å². The summed E-state index contributed by atoms with van der Waals surface area (Å²) in [5.74, 6) is -0.290. The topological polar surface area (TPSA) is 69.7 Å². The van der Waals surface area contributed by atoms with Crippen LogP contribution < -0.4 is 5.32 Å². The lowest BCUT2D eigenvalue weighted by molar-refractivity contribution is -0.133. The van der Waals surface area contributed by atoms with E-state index in [4.69, 9.17) is 11.6 Å². The molecule has 0 aromatic heterocycles. The van der Waals surface area contributed by atoms with E-state index in [1.807, 2.05) is 13.8 Å². The highest BCUT2D eigenvalue weighted by atomic mass is 35.5. The minimum atomic E-state index is -0.869. The zero-order valence-corrected chi connectivity index (χ0v) is 14.5. The first-order valence-corrected chi connectivity index (χ1v) is 8.42. The molecule has 2 saturated heterocycles. The van der Waals surface area contributed by atoms with Crippen molar-refractivity contribution in [3.05, 3.63) is 34.9 Å². The molecule has 7 heteroatoms. The maximum Gasteiger partial charge on any atom is 0.325 e. The van der Waals surface area contributed by atoms with E-state index in [9.17, 15) is 14.4 Å². The molecule has 0 saturated carbocycles. The second kappa shape index (κ2) is 6.09. The molecule has 2 fully saturated rings. The predicted octanol–water partition coefficient (Wildman–Crippen LogP) is 2.28. The van der Waals surface area contributed by atoms with Crippen molar-refractivity contribution in [1.82, 2.24) is 15.1 Å². The average molecular weight is 350 g/mol. The van der Waals surface area contributed by atoms with Crippen molar-refractivity contribution in [2.75, 3.05) is 13.1 Å². The molecule has 24 heavy (non-hydrogen) atoms. The Balaban J connectivity index is 1.71. The van der Waals surface area contributed by atoms with Gasteiger partial charge >= 0.3 is 6.03 Å². The number of piperidine rings is 1. The third kappa shape index (κ3) is 2.75. The van der Waals surface area contributed by atoms with Gasteiger partial charge < -0.3 is 10.2 Å². The molecule has 1 aromatic rings. The van der Waals surface area contributed by atoms with Crippen LogP contribution >= 0.6 is 11.6 Å². The van der Waals surface area contributed by atoms with Gasteiger partial charge in [0.1, 0.15) is 5.54 Å². The van der Waals surface area contributed by atoms with Crippen molar-refractivity contribution in [2.45, 2.75) is 38.3 Å². The maximum absolute atomic E-state index is 12.6. The van der Waals surface area contributed by atoms with E-state index in [2.05, 4.69) is 5.32 Å². The molecule has 1 N–H and O–H groups in total. The lowest BCUT2D eigenvalue weighted by Crippen LogP contribution is -2.56. The quantitative estimate of drug-likeness (QED) is 0.833. The molecule has 128 valence electrons. The number of rotatable bonds is 2. The van der Waals surface area contributed by atoms with E-state index in [0.717, 1.165) is 0 Å². The van der Waals surface area contributed by atoms with Crippen molar-refractivity contribution < 1.29 is 14.4 Å². The predicted molar refractivity (Wildman–Crippen MR) is 89.8 cm³/mol. The van der Waals surface area contributed by atoms with E-state index in [1.165, 1.54) is 4.90 Å². The number of urea groups is 1. The molecule has 4 amide bonds. The van der Waals surface area contributed by atoms with Crippen molar-refractivity contribution in [3.63, 3.8) is 0 Å². The number of imide groups is 1. The Bertz CT molecular complexity index is 696. The molecular formula is C17H20ClN3O3. The summed E-state index contributed by atoms with van der Waals surface area (Å²) < 4.78 is 0. The minimum absolute atomic E-state index is 0.107. The van der Waals surface area contributed by atoms with Gasteiger partial charge in [0.2, 0.25) is 0 Å². The summed E-state index contributed by atoms with van der Waals surface area (Å²) in [5.41, 5.74) is -0.337. The van der Waals surface area contributed by atoms with E-state index < -0.39 is 5.54 Å². The van der Waals surface area contributed by atoms with Crippen LogP contribution in [0.1, 0.15) is 37.0 Å². The molecule has 0 atom stereocenters. The van der Waals surface area contributed by atoms with Crippen LogP contribution in [0.2, 0.25) is 5.02 Å². The third-order valence-corrected chi connectivity index (χ3v) is 4.92. The van der Waals surface area contributed by atoms with Crippen LogP contribution in [0.3, 0.4) is 0 Å². The van der Waals surface area contributed by atoms with Crippen LogP contribution in [-0.4, -0.2) is 52.3 Å². The molecule has 2 heterocycles. The number of carbonyl (C=O) groups is 3. The van der Waals surface area contributed by atoms with E-state index in [1.54, 1.807) is 29.2 Å². The van der Waals surface area contributed by atoms with Crippen LogP contribution in [0.4, 0.5) is 4.79 Å². The minimum Gasteiger partial charge on any atom is -0.338 e. The Morgan fingerprint density at radius 3 is 2.46 bits per heavy atom. The standard InChI is InChI=1S/C17H20ClN3O3/c1-11(2)21-15(23)17(19-16(21)24)6-8-20(9-7-17)14(22)12-4-3-5-13(18)10-12/h3-5,10-11H,6-9H2,1-2H3,(H,19,24). The fourth-order valence-electron chi connectivity index (χ4n) is 3.34. The third-order valence-electron chi connectivity index (χ3n) is 4.69. The Morgan fingerprint density at radius 2 is 1.92 bits per heavy atom. The number of likely N-dealkylation sites (tertiary alicyclic amines) is 1. The number of amides is 4. The molecule has 2 aliphatic rings. The van der Waals surface area contributed by atoms with Gasteiger partial charge in [0.15, 0.2) is 0 Å². The summed E-state index contributed by atoms with van der Waals surface area (Å²) in [5, 5.41) is 3.35. The van der Waals surface area contributed by atoms with Crippen molar-refractivity contribution in [3.8, 4) is 0 Å². The molecule has 1 spiro atoms. The molecule has 0 aliphatic carbocycles. The number of hydrogen-bond acceptors (Lipinski definition) is 3. The summed E-state index contributed by atoms with van der Waals surface area (Å²) in [4.78, 5) is 40.3. The van der Waals surface area contributed by atoms with E-state index in [-0.39, 0.29) is 23.9 Å². The number of carbonyl (C=O) groups excluding carboxylic acids is 3. The average Bonchev–Trinajstić information content (AvgIpc) is 2.78. The highest BCUT2D eigenvalue weighted by Crippen LogP contribution is 2.31. The summed E-state index contributed by atoms with van der Waals surface area (Å²) in [6.45, 7) is 4.47. The highest BCUT2D eigenvalue weighted by molar-refractivity contribution is 6.30. The molecule has 0 radical (unpaired) electrons. The normalized spacial score (nSPS) is 20.0. The van der Waals surface area contributed by atoms with Crippen LogP contribution in [0, 0.1) is 0 Å². The SMILES string of the molecule is CC(C)N1C(=O)NC2(CCN(C(=O)c3cccc(Cl)c3)CC2)C1=O. The van der Waals surface area contributed by atoms with Crippen LogP contribution in [0.5, 0.6) is 0 Å². The summed E-state index contributed by atoms with van der Waals surface area (Å²) in [7, 11) is 0. The lowest BCUT2D eigenvalue weighted by atomic mass is 9.87. The smallest absolute Gasteiger partial charge is 0.325 e. The van der Waals surface area contributed by atoms with Gasteiger partial charge in [-0.05, 0) is 44.9 Å². The second-order valence-corrected chi connectivity index (χ2v) is 7.02. The van der Waals surface area contributed by atoms with Gasteiger partial charge in [-0.2, -0.15) is 0 Å². The first-order chi connectivity index (χ1) is 11.3. The number of hydrogen-bond donors (Lipinski definition) is 1. The van der Waals surface area contributed by atoms with Gasteiger partial charge in [-0.25, -0.2) is 4.79 Å². The summed E-state index contributed by atoms with van der Waals surface area (Å²) in [6.07, 6.45) is 0.847. The van der Waals surface area contributed by atoms with Gasteiger partial charge in [-0.3, -0.25) is 14.5 Å². The maximum atomic E-state index is 12.6. The molecular weight excluding hydrogens is 330 g/mol. The van der Waals surface area contributed by atoms with Crippen molar-refractivity contribution in [1.29, 1.82) is 0 Å². The lowest BCUT2D eigenvalue weighted by Gasteiger charge is -2.37. The fraction of sp³-hybridized carbons (Fsp3) is 0.471. The van der Waals surface area contributed by atoms with E-state index >= 15 is 0 Å². The molecule has 0 bridgehead atoms. The number of nitrogens with one attached hydrogen (secondary N) is 1. The fourth-order valence-corrected chi connectivity index (χ4v) is 3.53. The number of halogens is 1. The highest BCUT2D eigenvalue weighted by Gasteiger charge is 2.53. The molecule has 6 nitrogen and oxygen atoms in total. The van der Waals surface area contributed by atoms with Gasteiger partial charge in [0, 0.05) is 29.7 Å². The van der Waals surface area contributed by atoms with Gasteiger partial charge in [-0.1, -0.05) is 17.7 Å².